The molecule has 1 fully saturated rings. The van der Waals surface area contributed by atoms with Crippen LogP contribution in [0.5, 0.6) is 0 Å². The van der Waals surface area contributed by atoms with E-state index in [1.807, 2.05) is 0 Å². The van der Waals surface area contributed by atoms with E-state index >= 15 is 0 Å². The van der Waals surface area contributed by atoms with E-state index in [0.717, 1.165) is 22.3 Å². The van der Waals surface area contributed by atoms with E-state index < -0.39 is 35.3 Å². The monoisotopic (exact) mass is 526 g/mol. The van der Waals surface area contributed by atoms with Gasteiger partial charge in [-0.3, -0.25) is 14.5 Å². The first-order valence-corrected chi connectivity index (χ1v) is 11.9. The maximum atomic E-state index is 14.2. The lowest BCUT2D eigenvalue weighted by molar-refractivity contribution is -0.132. The Labute approximate surface area is 215 Å². The molecule has 3 aromatic rings. The van der Waals surface area contributed by atoms with Crippen molar-refractivity contribution in [2.75, 3.05) is 11.5 Å². The van der Waals surface area contributed by atoms with Gasteiger partial charge in [0, 0.05) is 10.6 Å². The van der Waals surface area contributed by atoms with E-state index in [2.05, 4.69) is 11.6 Å². The number of benzene rings is 2. The zero-order chi connectivity index (χ0) is 26.1. The van der Waals surface area contributed by atoms with Crippen LogP contribution >= 0.6 is 22.9 Å². The van der Waals surface area contributed by atoms with Crippen molar-refractivity contribution in [2.45, 2.75) is 19.9 Å². The lowest BCUT2D eigenvalue weighted by atomic mass is 9.95. The lowest BCUT2D eigenvalue weighted by Gasteiger charge is -2.23. The van der Waals surface area contributed by atoms with Crippen molar-refractivity contribution in [1.29, 1.82) is 0 Å². The molecule has 1 amide bonds. The minimum Gasteiger partial charge on any atom is -0.507 e. The molecule has 1 aromatic heterocycles. The third kappa shape index (κ3) is 4.55. The molecule has 7 nitrogen and oxygen atoms in total. The number of carbonyl (C=O) groups excluding carboxylic acids is 3. The average Bonchev–Trinajstić information content (AvgIpc) is 3.36. The second kappa shape index (κ2) is 10.0. The summed E-state index contributed by atoms with van der Waals surface area (Å²) in [6, 6.07) is 9.28. The third-order valence-corrected chi connectivity index (χ3v) is 6.97. The Balaban J connectivity index is 1.89. The molecule has 0 spiro atoms. The highest BCUT2D eigenvalue weighted by atomic mass is 35.5. The van der Waals surface area contributed by atoms with E-state index in [9.17, 15) is 23.9 Å². The number of anilines is 1. The van der Waals surface area contributed by atoms with Crippen LogP contribution in [0.25, 0.3) is 5.76 Å². The van der Waals surface area contributed by atoms with E-state index in [1.54, 1.807) is 38.1 Å². The van der Waals surface area contributed by atoms with Gasteiger partial charge in [-0.1, -0.05) is 59.9 Å². The van der Waals surface area contributed by atoms with Gasteiger partial charge in [0.2, 0.25) is 0 Å². The molecule has 1 aliphatic heterocycles. The van der Waals surface area contributed by atoms with Gasteiger partial charge in [0.1, 0.15) is 23.1 Å². The molecule has 0 saturated carbocycles. The molecule has 0 aliphatic carbocycles. The predicted octanol–water partition coefficient (Wildman–Crippen LogP) is 5.52. The number of Topliss-reactive ketones (excluding diaryl/α,β-unsaturated/α-hetero) is 1. The van der Waals surface area contributed by atoms with Crippen LogP contribution in [-0.2, 0) is 14.3 Å². The largest absolute Gasteiger partial charge is 0.507 e. The number of rotatable bonds is 6. The molecular weight excluding hydrogens is 507 g/mol. The minimum absolute atomic E-state index is 0.00605. The molecule has 10 heteroatoms. The smallest absolute Gasteiger partial charge is 0.350 e. The van der Waals surface area contributed by atoms with Crippen molar-refractivity contribution in [2.24, 2.45) is 0 Å². The molecule has 1 aliphatic rings. The highest BCUT2D eigenvalue weighted by Crippen LogP contribution is 2.44. The maximum absolute atomic E-state index is 14.2. The summed E-state index contributed by atoms with van der Waals surface area (Å²) in [6.45, 7) is 6.64. The Morgan fingerprint density at radius 2 is 1.94 bits per heavy atom. The van der Waals surface area contributed by atoms with Crippen LogP contribution < -0.4 is 4.90 Å². The zero-order valence-electron chi connectivity index (χ0n) is 19.2. The van der Waals surface area contributed by atoms with Crippen LogP contribution in [-0.4, -0.2) is 34.4 Å². The fourth-order valence-corrected chi connectivity index (χ4v) is 4.87. The number of hydrogen-bond donors (Lipinski definition) is 1. The number of ketones is 1. The summed E-state index contributed by atoms with van der Waals surface area (Å²) in [4.78, 5) is 44.5. The van der Waals surface area contributed by atoms with Crippen molar-refractivity contribution in [3.8, 4) is 0 Å². The second-order valence-electron chi connectivity index (χ2n) is 7.98. The molecule has 2 heterocycles. The number of ether oxygens (including phenoxy) is 1. The summed E-state index contributed by atoms with van der Waals surface area (Å²) < 4.78 is 19.3. The fraction of sp³-hybridized carbons (Fsp3) is 0.154. The van der Waals surface area contributed by atoms with Gasteiger partial charge in [0.05, 0.1) is 17.3 Å². The molecular formula is C26H20ClFN2O5S. The van der Waals surface area contributed by atoms with E-state index in [4.69, 9.17) is 16.3 Å². The van der Waals surface area contributed by atoms with Crippen molar-refractivity contribution in [3.63, 3.8) is 0 Å². The van der Waals surface area contributed by atoms with Crippen LogP contribution in [0.1, 0.15) is 38.1 Å². The zero-order valence-corrected chi connectivity index (χ0v) is 20.8. The Kier molecular flexibility index (Phi) is 7.05. The third-order valence-electron chi connectivity index (χ3n) is 5.58. The highest BCUT2D eigenvalue weighted by molar-refractivity contribution is 7.17. The number of carbonyl (C=O) groups is 3. The molecule has 1 atom stereocenters. The van der Waals surface area contributed by atoms with E-state index in [0.29, 0.717) is 21.8 Å². The van der Waals surface area contributed by atoms with Gasteiger partial charge < -0.3 is 9.84 Å². The number of aliphatic hydroxyl groups is 1. The summed E-state index contributed by atoms with van der Waals surface area (Å²) >= 11 is 6.92. The standard InChI is InChI=1S/C26H20ClFN2O5S/c1-4-11-35-25(34)23-14(3)29-26(36-23)30-20(15-7-9-17(27)10-8-15)19(22(32)24(30)33)21(31)16-6-5-13(2)18(28)12-16/h4-10,12,20,31H,1,11H2,2-3H3. The number of nitrogens with zero attached hydrogens (tertiary/aromatic N) is 2. The molecule has 1 unspecified atom stereocenters. The van der Waals surface area contributed by atoms with Crippen LogP contribution in [0.4, 0.5) is 9.52 Å². The second-order valence-corrected chi connectivity index (χ2v) is 9.40. The molecule has 4 rings (SSSR count). The first-order valence-electron chi connectivity index (χ1n) is 10.7. The molecule has 0 bridgehead atoms. The first-order chi connectivity index (χ1) is 17.1. The maximum Gasteiger partial charge on any atom is 0.350 e. The Bertz CT molecular complexity index is 1430. The van der Waals surface area contributed by atoms with Crippen molar-refractivity contribution < 1.29 is 28.6 Å². The molecule has 0 radical (unpaired) electrons. The molecule has 36 heavy (non-hydrogen) atoms. The van der Waals surface area contributed by atoms with Crippen molar-refractivity contribution in [3.05, 3.63) is 98.8 Å². The average molecular weight is 527 g/mol. The van der Waals surface area contributed by atoms with Gasteiger partial charge in [-0.05, 0) is 43.2 Å². The molecule has 2 aromatic carbocycles. The van der Waals surface area contributed by atoms with Crippen molar-refractivity contribution >= 4 is 51.5 Å². The number of amides is 1. The number of halogens is 2. The van der Waals surface area contributed by atoms with Gasteiger partial charge in [0.15, 0.2) is 5.13 Å². The predicted molar refractivity (Wildman–Crippen MR) is 135 cm³/mol. The number of hydrogen-bond acceptors (Lipinski definition) is 7. The molecule has 184 valence electrons. The summed E-state index contributed by atoms with van der Waals surface area (Å²) in [7, 11) is 0. The van der Waals surface area contributed by atoms with Crippen molar-refractivity contribution in [1.82, 2.24) is 4.98 Å². The van der Waals surface area contributed by atoms with E-state index in [1.165, 1.54) is 18.2 Å². The number of esters is 1. The summed E-state index contributed by atoms with van der Waals surface area (Å²) in [6.07, 6.45) is 1.42. The van der Waals surface area contributed by atoms with Gasteiger partial charge in [-0.15, -0.1) is 0 Å². The van der Waals surface area contributed by atoms with Crippen LogP contribution in [0.2, 0.25) is 5.02 Å². The summed E-state index contributed by atoms with van der Waals surface area (Å²) in [5.74, 6) is -3.69. The van der Waals surface area contributed by atoms with Crippen LogP contribution in [0.3, 0.4) is 0 Å². The summed E-state index contributed by atoms with van der Waals surface area (Å²) in [5.41, 5.74) is 0.918. The van der Waals surface area contributed by atoms with Gasteiger partial charge in [-0.2, -0.15) is 0 Å². The Morgan fingerprint density at radius 3 is 2.58 bits per heavy atom. The SMILES string of the molecule is C=CCOC(=O)c1sc(N2C(=O)C(=O)C(=C(O)c3ccc(C)c(F)c3)C2c2ccc(Cl)cc2)nc1C. The Hall–Kier alpha value is -3.82. The first kappa shape index (κ1) is 25.3. The quantitative estimate of drug-likeness (QED) is 0.149. The fourth-order valence-electron chi connectivity index (χ4n) is 3.76. The number of aryl methyl sites for hydroxylation is 2. The summed E-state index contributed by atoms with van der Waals surface area (Å²) in [5, 5.41) is 11.6. The Morgan fingerprint density at radius 1 is 1.25 bits per heavy atom. The number of aromatic nitrogens is 1. The van der Waals surface area contributed by atoms with Crippen LogP contribution in [0, 0.1) is 19.7 Å². The number of thiazole rings is 1. The van der Waals surface area contributed by atoms with Crippen LogP contribution in [0.15, 0.2) is 60.7 Å². The van der Waals surface area contributed by atoms with E-state index in [-0.39, 0.29) is 27.8 Å². The molecule has 1 N–H and O–H groups in total. The normalized spacial score (nSPS) is 16.9. The van der Waals surface area contributed by atoms with Gasteiger partial charge in [0.25, 0.3) is 5.78 Å². The van der Waals surface area contributed by atoms with Gasteiger partial charge in [-0.25, -0.2) is 14.2 Å². The minimum atomic E-state index is -1.10. The number of aliphatic hydroxyl groups excluding tert-OH is 1. The topological polar surface area (TPSA) is 96.8 Å². The highest BCUT2D eigenvalue weighted by Gasteiger charge is 2.48. The van der Waals surface area contributed by atoms with Gasteiger partial charge >= 0.3 is 11.9 Å². The molecule has 1 saturated heterocycles. The lowest BCUT2D eigenvalue weighted by Crippen LogP contribution is -2.29.